The lowest BCUT2D eigenvalue weighted by molar-refractivity contribution is 0.0738. The van der Waals surface area contributed by atoms with Gasteiger partial charge in [-0.1, -0.05) is 12.1 Å². The van der Waals surface area contributed by atoms with Crippen LogP contribution in [0.4, 0.5) is 5.69 Å². The van der Waals surface area contributed by atoms with Gasteiger partial charge in [-0.15, -0.1) is 22.7 Å². The Balaban J connectivity index is 1.99. The van der Waals surface area contributed by atoms with E-state index >= 15 is 0 Å². The van der Waals surface area contributed by atoms with Crippen LogP contribution < -0.4 is 9.64 Å². The van der Waals surface area contributed by atoms with Crippen molar-refractivity contribution in [3.8, 4) is 5.75 Å². The van der Waals surface area contributed by atoms with Crippen LogP contribution in [0.15, 0.2) is 53.2 Å². The zero-order valence-electron chi connectivity index (χ0n) is 14.6. The van der Waals surface area contributed by atoms with Crippen LogP contribution in [0.25, 0.3) is 0 Å². The molecule has 0 aliphatic carbocycles. The van der Waals surface area contributed by atoms with Gasteiger partial charge in [0.2, 0.25) is 5.78 Å². The van der Waals surface area contributed by atoms with E-state index in [4.69, 9.17) is 4.74 Å². The van der Waals surface area contributed by atoms with Crippen LogP contribution in [0.2, 0.25) is 0 Å². The van der Waals surface area contributed by atoms with Crippen molar-refractivity contribution >= 4 is 40.1 Å². The van der Waals surface area contributed by atoms with E-state index < -0.39 is 5.97 Å². The molecule has 0 fully saturated rings. The van der Waals surface area contributed by atoms with Crippen LogP contribution in [0.5, 0.6) is 5.75 Å². The number of anilines is 1. The van der Waals surface area contributed by atoms with Gasteiger partial charge in [-0.2, -0.15) is 0 Å². The highest BCUT2D eigenvalue weighted by Crippen LogP contribution is 2.30. The molecule has 0 bridgehead atoms. The fourth-order valence-electron chi connectivity index (χ4n) is 2.65. The van der Waals surface area contributed by atoms with Gasteiger partial charge in [0.25, 0.3) is 0 Å². The summed E-state index contributed by atoms with van der Waals surface area (Å²) in [6, 6.07) is 12.5. The Morgan fingerprint density at radius 3 is 2.19 bits per heavy atom. The van der Waals surface area contributed by atoms with E-state index in [2.05, 4.69) is 18.7 Å². The number of esters is 1. The molecular formula is C20H19NO3S2. The van der Waals surface area contributed by atoms with Crippen molar-refractivity contribution in [2.24, 2.45) is 0 Å². The van der Waals surface area contributed by atoms with E-state index in [1.807, 2.05) is 22.9 Å². The maximum atomic E-state index is 12.8. The lowest BCUT2D eigenvalue weighted by atomic mass is 10.1. The number of nitrogens with zero attached hydrogens (tertiary/aromatic N) is 1. The van der Waals surface area contributed by atoms with Gasteiger partial charge in [0, 0.05) is 24.8 Å². The molecule has 1 aromatic carbocycles. The standard InChI is InChI=1S/C20H19NO3S2/c1-3-21(4-2)14-9-10-15(19(22)17-7-5-11-25-17)16(13-14)24-20(23)18-8-6-12-26-18/h5-13H,3-4H2,1-2H3. The van der Waals surface area contributed by atoms with Crippen LogP contribution in [0.3, 0.4) is 0 Å². The van der Waals surface area contributed by atoms with Gasteiger partial charge in [-0.3, -0.25) is 4.79 Å². The minimum Gasteiger partial charge on any atom is -0.421 e. The molecule has 3 rings (SSSR count). The first kappa shape index (κ1) is 18.4. The summed E-state index contributed by atoms with van der Waals surface area (Å²) in [6.45, 7) is 5.77. The minimum atomic E-state index is -0.447. The minimum absolute atomic E-state index is 0.139. The molecule has 0 spiro atoms. The van der Waals surface area contributed by atoms with Crippen LogP contribution in [0.1, 0.15) is 38.8 Å². The molecule has 6 heteroatoms. The Hall–Kier alpha value is -2.44. The molecule has 3 aromatic rings. The van der Waals surface area contributed by atoms with Crippen LogP contribution in [-0.4, -0.2) is 24.8 Å². The van der Waals surface area contributed by atoms with Crippen molar-refractivity contribution in [2.75, 3.05) is 18.0 Å². The summed E-state index contributed by atoms with van der Waals surface area (Å²) in [6.07, 6.45) is 0. The third-order valence-corrected chi connectivity index (χ3v) is 5.73. The van der Waals surface area contributed by atoms with Crippen molar-refractivity contribution in [3.05, 3.63) is 68.5 Å². The fraction of sp³-hybridized carbons (Fsp3) is 0.200. The SMILES string of the molecule is CCN(CC)c1ccc(C(=O)c2cccs2)c(OC(=O)c2cccs2)c1. The number of ether oxygens (including phenoxy) is 1. The van der Waals surface area contributed by atoms with Crippen molar-refractivity contribution in [2.45, 2.75) is 13.8 Å². The molecule has 0 saturated heterocycles. The second-order valence-corrected chi connectivity index (χ2v) is 7.42. The molecule has 134 valence electrons. The lowest BCUT2D eigenvalue weighted by Gasteiger charge is -2.22. The largest absolute Gasteiger partial charge is 0.421 e. The Kier molecular flexibility index (Phi) is 5.85. The topological polar surface area (TPSA) is 46.6 Å². The number of hydrogen-bond acceptors (Lipinski definition) is 6. The van der Waals surface area contributed by atoms with Crippen molar-refractivity contribution in [3.63, 3.8) is 0 Å². The first-order chi connectivity index (χ1) is 12.6. The Labute approximate surface area is 160 Å². The number of carbonyl (C=O) groups excluding carboxylic acids is 2. The van der Waals surface area contributed by atoms with E-state index in [1.165, 1.54) is 22.7 Å². The first-order valence-electron chi connectivity index (χ1n) is 8.37. The molecule has 0 saturated carbocycles. The molecule has 0 amide bonds. The summed E-state index contributed by atoms with van der Waals surface area (Å²) in [5.74, 6) is -0.289. The molecule has 2 aromatic heterocycles. The second kappa shape index (κ2) is 8.29. The molecule has 0 N–H and O–H groups in total. The van der Waals surface area contributed by atoms with Crippen LogP contribution in [0, 0.1) is 0 Å². The predicted octanol–water partition coefficient (Wildman–Crippen LogP) is 5.11. The first-order valence-corrected chi connectivity index (χ1v) is 10.1. The second-order valence-electron chi connectivity index (χ2n) is 5.53. The number of ketones is 1. The summed E-state index contributed by atoms with van der Waals surface area (Å²) < 4.78 is 5.62. The summed E-state index contributed by atoms with van der Waals surface area (Å²) in [7, 11) is 0. The van der Waals surface area contributed by atoms with E-state index in [-0.39, 0.29) is 5.78 Å². The average molecular weight is 386 g/mol. The normalized spacial score (nSPS) is 10.5. The van der Waals surface area contributed by atoms with Gasteiger partial charge < -0.3 is 9.64 Å². The third kappa shape index (κ3) is 3.86. The summed E-state index contributed by atoms with van der Waals surface area (Å²) in [5, 5.41) is 3.68. The Morgan fingerprint density at radius 2 is 1.62 bits per heavy atom. The van der Waals surface area contributed by atoms with Crippen molar-refractivity contribution in [1.29, 1.82) is 0 Å². The smallest absolute Gasteiger partial charge is 0.353 e. The molecule has 0 aliphatic heterocycles. The maximum Gasteiger partial charge on any atom is 0.353 e. The zero-order chi connectivity index (χ0) is 18.5. The van der Waals surface area contributed by atoms with Gasteiger partial charge in [-0.25, -0.2) is 4.79 Å². The molecular weight excluding hydrogens is 366 g/mol. The number of thiophene rings is 2. The van der Waals surface area contributed by atoms with Gasteiger partial charge in [-0.05, 0) is 48.9 Å². The molecule has 2 heterocycles. The monoisotopic (exact) mass is 385 g/mol. The predicted molar refractivity (Wildman–Crippen MR) is 107 cm³/mol. The summed E-state index contributed by atoms with van der Waals surface area (Å²) >= 11 is 2.69. The van der Waals surface area contributed by atoms with Crippen molar-refractivity contribution in [1.82, 2.24) is 0 Å². The summed E-state index contributed by atoms with van der Waals surface area (Å²) in [4.78, 5) is 28.5. The van der Waals surface area contributed by atoms with E-state index in [0.717, 1.165) is 18.8 Å². The van der Waals surface area contributed by atoms with Gasteiger partial charge >= 0.3 is 5.97 Å². The Bertz CT molecular complexity index is 882. The van der Waals surface area contributed by atoms with Gasteiger partial charge in [0.15, 0.2) is 0 Å². The van der Waals surface area contributed by atoms with Gasteiger partial charge in [0.05, 0.1) is 10.4 Å². The highest BCUT2D eigenvalue weighted by molar-refractivity contribution is 7.12. The quantitative estimate of drug-likeness (QED) is 0.322. The van der Waals surface area contributed by atoms with Crippen LogP contribution in [-0.2, 0) is 0 Å². The third-order valence-electron chi connectivity index (χ3n) is 4.01. The average Bonchev–Trinajstić information content (AvgIpc) is 3.36. The van der Waals surface area contributed by atoms with E-state index in [9.17, 15) is 9.59 Å². The molecule has 0 unspecified atom stereocenters. The number of benzene rings is 1. The lowest BCUT2D eigenvalue weighted by Crippen LogP contribution is -2.22. The zero-order valence-corrected chi connectivity index (χ0v) is 16.2. The Morgan fingerprint density at radius 1 is 0.962 bits per heavy atom. The van der Waals surface area contributed by atoms with Gasteiger partial charge in [0.1, 0.15) is 10.6 Å². The molecule has 0 aliphatic rings. The van der Waals surface area contributed by atoms with E-state index in [1.54, 1.807) is 30.3 Å². The molecule has 4 nitrogen and oxygen atoms in total. The molecule has 0 atom stereocenters. The maximum absolute atomic E-state index is 12.8. The van der Waals surface area contributed by atoms with E-state index in [0.29, 0.717) is 21.1 Å². The highest BCUT2D eigenvalue weighted by Gasteiger charge is 2.20. The highest BCUT2D eigenvalue weighted by atomic mass is 32.1. The molecule has 0 radical (unpaired) electrons. The van der Waals surface area contributed by atoms with Crippen molar-refractivity contribution < 1.29 is 14.3 Å². The van der Waals surface area contributed by atoms with Crippen LogP contribution >= 0.6 is 22.7 Å². The molecule has 26 heavy (non-hydrogen) atoms. The number of carbonyl (C=O) groups is 2. The number of rotatable bonds is 7. The number of hydrogen-bond donors (Lipinski definition) is 0. The summed E-state index contributed by atoms with van der Waals surface area (Å²) in [5.41, 5.74) is 1.32. The fourth-order valence-corrected chi connectivity index (χ4v) is 3.93.